The Morgan fingerprint density at radius 2 is 1.56 bits per heavy atom. The maximum atomic E-state index is 13.9. The Kier molecular flexibility index (Phi) is 9.40. The quantitative estimate of drug-likeness (QED) is 0.246. The standard InChI is InChI=1S/C32H29N3O9S/c1-42-25-14-12-24(13-15-25)34(30(37)22-8-4-2-5-9-22)18-19-45(40,41)27-20-29(35-17-16-28(36)33-32(35)39)44-26(27)21-43-31(38)23-10-6-3-7-11-23/h2-17,20,26,29H,18-19,21H2,1H3,(H,33,36,39)/t26-,29-/m1/s1. The molecule has 1 N–H and O–H groups in total. The van der Waals surface area contributed by atoms with Gasteiger partial charge < -0.3 is 19.1 Å². The van der Waals surface area contributed by atoms with Crippen LogP contribution in [0.3, 0.4) is 0 Å². The summed E-state index contributed by atoms with van der Waals surface area (Å²) >= 11 is 0. The number of benzene rings is 3. The first-order valence-electron chi connectivity index (χ1n) is 13.8. The highest BCUT2D eigenvalue weighted by atomic mass is 32.2. The number of aromatic amines is 1. The summed E-state index contributed by atoms with van der Waals surface area (Å²) in [6.45, 7) is -0.710. The second-order valence-corrected chi connectivity index (χ2v) is 12.0. The maximum Gasteiger partial charge on any atom is 0.338 e. The fourth-order valence-electron chi connectivity index (χ4n) is 4.71. The fourth-order valence-corrected chi connectivity index (χ4v) is 6.21. The Morgan fingerprint density at radius 1 is 0.911 bits per heavy atom. The minimum absolute atomic E-state index is 0.228. The number of nitrogens with one attached hydrogen (secondary N) is 1. The molecule has 2 atom stereocenters. The molecular weight excluding hydrogens is 602 g/mol. The van der Waals surface area contributed by atoms with Crippen molar-refractivity contribution in [1.82, 2.24) is 9.55 Å². The molecule has 0 spiro atoms. The van der Waals surface area contributed by atoms with E-state index in [-0.39, 0.29) is 17.0 Å². The minimum Gasteiger partial charge on any atom is -0.497 e. The molecule has 0 aliphatic carbocycles. The molecule has 0 radical (unpaired) electrons. The summed E-state index contributed by atoms with van der Waals surface area (Å²) in [5.74, 6) is -1.08. The van der Waals surface area contributed by atoms with Crippen LogP contribution in [0.15, 0.2) is 118 Å². The summed E-state index contributed by atoms with van der Waals surface area (Å²) < 4.78 is 45.3. The number of aromatic nitrogens is 2. The third-order valence-electron chi connectivity index (χ3n) is 7.02. The number of H-pyrrole nitrogens is 1. The summed E-state index contributed by atoms with van der Waals surface area (Å²) in [7, 11) is -2.67. The molecular formula is C32H29N3O9S. The highest BCUT2D eigenvalue weighted by molar-refractivity contribution is 7.95. The summed E-state index contributed by atoms with van der Waals surface area (Å²) in [6, 6.07) is 24.3. The molecule has 5 rings (SSSR count). The first kappa shape index (κ1) is 31.2. The van der Waals surface area contributed by atoms with Gasteiger partial charge in [-0.05, 0) is 54.6 Å². The van der Waals surface area contributed by atoms with Crippen molar-refractivity contribution < 1.29 is 32.2 Å². The topological polar surface area (TPSA) is 154 Å². The molecule has 4 aromatic rings. The lowest BCUT2D eigenvalue weighted by atomic mass is 10.2. The number of nitrogens with zero attached hydrogens (tertiary/aromatic N) is 2. The molecule has 0 saturated carbocycles. The van der Waals surface area contributed by atoms with Gasteiger partial charge in [0.2, 0.25) is 0 Å². The van der Waals surface area contributed by atoms with E-state index in [2.05, 4.69) is 4.98 Å². The van der Waals surface area contributed by atoms with Crippen molar-refractivity contribution in [2.45, 2.75) is 12.3 Å². The molecule has 0 unspecified atom stereocenters. The Labute approximate surface area is 258 Å². The third-order valence-corrected chi connectivity index (χ3v) is 8.86. The zero-order valence-electron chi connectivity index (χ0n) is 24.1. The van der Waals surface area contributed by atoms with Gasteiger partial charge in [0, 0.05) is 30.1 Å². The van der Waals surface area contributed by atoms with Gasteiger partial charge >= 0.3 is 11.7 Å². The van der Waals surface area contributed by atoms with Crippen molar-refractivity contribution in [3.8, 4) is 5.75 Å². The summed E-state index contributed by atoms with van der Waals surface area (Å²) in [6.07, 6.45) is -0.0873. The van der Waals surface area contributed by atoms with Crippen LogP contribution in [0.1, 0.15) is 26.9 Å². The van der Waals surface area contributed by atoms with Gasteiger partial charge in [-0.1, -0.05) is 36.4 Å². The number of hydrogen-bond acceptors (Lipinski definition) is 9. The lowest BCUT2D eigenvalue weighted by Gasteiger charge is -2.24. The van der Waals surface area contributed by atoms with Gasteiger partial charge in [-0.25, -0.2) is 18.0 Å². The van der Waals surface area contributed by atoms with Crippen molar-refractivity contribution >= 4 is 27.4 Å². The number of sulfone groups is 1. The molecule has 0 fully saturated rings. The number of hydrogen-bond donors (Lipinski definition) is 1. The van der Waals surface area contributed by atoms with Gasteiger partial charge in [0.05, 0.1) is 23.3 Å². The van der Waals surface area contributed by atoms with Crippen LogP contribution in [-0.2, 0) is 19.3 Å². The second kappa shape index (κ2) is 13.6. The molecule has 1 aliphatic rings. The molecule has 232 valence electrons. The van der Waals surface area contributed by atoms with Crippen molar-refractivity contribution in [2.75, 3.05) is 30.9 Å². The predicted molar refractivity (Wildman–Crippen MR) is 165 cm³/mol. The fraction of sp³-hybridized carbons (Fsp3) is 0.188. The van der Waals surface area contributed by atoms with Crippen molar-refractivity contribution in [3.05, 3.63) is 140 Å². The van der Waals surface area contributed by atoms with E-state index in [0.29, 0.717) is 17.0 Å². The molecule has 0 bridgehead atoms. The smallest absolute Gasteiger partial charge is 0.338 e. The molecule has 45 heavy (non-hydrogen) atoms. The highest BCUT2D eigenvalue weighted by Gasteiger charge is 2.38. The lowest BCUT2D eigenvalue weighted by molar-refractivity contribution is -0.0235. The number of methoxy groups -OCH3 is 1. The van der Waals surface area contributed by atoms with Crippen LogP contribution in [0.5, 0.6) is 5.75 Å². The Morgan fingerprint density at radius 3 is 2.18 bits per heavy atom. The second-order valence-electron chi connectivity index (χ2n) is 9.91. The van der Waals surface area contributed by atoms with E-state index in [1.165, 1.54) is 24.3 Å². The Balaban J connectivity index is 1.43. The van der Waals surface area contributed by atoms with Crippen LogP contribution in [0, 0.1) is 0 Å². The number of anilines is 1. The van der Waals surface area contributed by atoms with Crippen LogP contribution >= 0.6 is 0 Å². The van der Waals surface area contributed by atoms with Gasteiger partial charge in [-0.3, -0.25) is 19.1 Å². The van der Waals surface area contributed by atoms with Gasteiger partial charge in [-0.15, -0.1) is 0 Å². The van der Waals surface area contributed by atoms with Crippen LogP contribution in [0.25, 0.3) is 0 Å². The average Bonchev–Trinajstić information content (AvgIpc) is 3.49. The highest BCUT2D eigenvalue weighted by Crippen LogP contribution is 2.31. The third kappa shape index (κ3) is 7.28. The van der Waals surface area contributed by atoms with Crippen LogP contribution in [0.4, 0.5) is 5.69 Å². The first-order valence-corrected chi connectivity index (χ1v) is 15.5. The van der Waals surface area contributed by atoms with Gasteiger partial charge in [0.25, 0.3) is 11.5 Å². The molecule has 13 heteroatoms. The van der Waals surface area contributed by atoms with Crippen LogP contribution in [0.2, 0.25) is 0 Å². The van der Waals surface area contributed by atoms with Gasteiger partial charge in [0.1, 0.15) is 18.5 Å². The normalized spacial score (nSPS) is 16.1. The molecule has 3 aromatic carbocycles. The van der Waals surface area contributed by atoms with Crippen LogP contribution < -0.4 is 20.9 Å². The maximum absolute atomic E-state index is 13.9. The molecule has 2 heterocycles. The lowest BCUT2D eigenvalue weighted by Crippen LogP contribution is -2.36. The molecule has 1 amide bonds. The Hall–Kier alpha value is -5.27. The number of amides is 1. The number of rotatable bonds is 11. The average molecular weight is 632 g/mol. The van der Waals surface area contributed by atoms with Crippen molar-refractivity contribution in [3.63, 3.8) is 0 Å². The van der Waals surface area contributed by atoms with E-state index in [0.717, 1.165) is 10.6 Å². The van der Waals surface area contributed by atoms with Crippen LogP contribution in [-0.4, -0.2) is 62.0 Å². The summed E-state index contributed by atoms with van der Waals surface area (Å²) in [4.78, 5) is 53.5. The van der Waals surface area contributed by atoms with Crippen molar-refractivity contribution in [2.24, 2.45) is 0 Å². The van der Waals surface area contributed by atoms with E-state index in [1.807, 2.05) is 0 Å². The summed E-state index contributed by atoms with van der Waals surface area (Å²) in [5, 5.41) is 0. The predicted octanol–water partition coefficient (Wildman–Crippen LogP) is 2.95. The monoisotopic (exact) mass is 631 g/mol. The molecule has 0 saturated heterocycles. The molecule has 1 aromatic heterocycles. The SMILES string of the molecule is COc1ccc(N(CCS(=O)(=O)C2=C[C@H](n3ccc(=O)[nH]c3=O)O[C@@H]2COC(=O)c2ccccc2)C(=O)c2ccccc2)cc1. The van der Waals surface area contributed by atoms with E-state index in [1.54, 1.807) is 84.9 Å². The number of esters is 1. The largest absolute Gasteiger partial charge is 0.497 e. The van der Waals surface area contributed by atoms with Crippen molar-refractivity contribution in [1.29, 1.82) is 0 Å². The van der Waals surface area contributed by atoms with Gasteiger partial charge in [-0.2, -0.15) is 0 Å². The van der Waals surface area contributed by atoms with Gasteiger partial charge in [0.15, 0.2) is 16.1 Å². The van der Waals surface area contributed by atoms with E-state index >= 15 is 0 Å². The number of ether oxygens (including phenoxy) is 3. The van der Waals surface area contributed by atoms with E-state index < -0.39 is 57.7 Å². The zero-order chi connectivity index (χ0) is 32.0. The molecule has 1 aliphatic heterocycles. The number of carbonyl (C=O) groups excluding carboxylic acids is 2. The van der Waals surface area contributed by atoms with E-state index in [9.17, 15) is 27.6 Å². The summed E-state index contributed by atoms with van der Waals surface area (Å²) in [5.41, 5.74) is -0.394. The minimum atomic E-state index is -4.18. The van der Waals surface area contributed by atoms with E-state index in [4.69, 9.17) is 14.2 Å². The molecule has 12 nitrogen and oxygen atoms in total. The number of carbonyl (C=O) groups is 2. The zero-order valence-corrected chi connectivity index (χ0v) is 24.9. The first-order chi connectivity index (χ1) is 21.7. The Bertz CT molecular complexity index is 1920.